The van der Waals surface area contributed by atoms with Crippen LogP contribution in [0.4, 0.5) is 10.5 Å². The number of non-ortho nitro benzene ring substituents is 1. The molecule has 0 bridgehead atoms. The van der Waals surface area contributed by atoms with Gasteiger partial charge in [-0.15, -0.1) is 0 Å². The van der Waals surface area contributed by atoms with Gasteiger partial charge in [0.25, 0.3) is 5.69 Å². The highest BCUT2D eigenvalue weighted by molar-refractivity contribution is 5.95. The van der Waals surface area contributed by atoms with Gasteiger partial charge in [0.15, 0.2) is 0 Å². The van der Waals surface area contributed by atoms with E-state index in [0.717, 1.165) is 22.0 Å². The largest absolute Gasteiger partial charge is 0.444 e. The number of ether oxygens (including phenoxy) is 1. The molecule has 0 aliphatic carbocycles. The average Bonchev–Trinajstić information content (AvgIpc) is 2.89. The fourth-order valence-electron chi connectivity index (χ4n) is 3.49. The third kappa shape index (κ3) is 3.82. The molecule has 0 saturated heterocycles. The second kappa shape index (κ2) is 6.72. The van der Waals surface area contributed by atoms with Gasteiger partial charge in [0.1, 0.15) is 5.60 Å². The van der Waals surface area contributed by atoms with Gasteiger partial charge in [-0.25, -0.2) is 4.79 Å². The van der Waals surface area contributed by atoms with Crippen molar-refractivity contribution < 1.29 is 14.5 Å². The topological polar surface area (TPSA) is 77.6 Å². The summed E-state index contributed by atoms with van der Waals surface area (Å²) in [6.07, 6.45) is 3.70. The van der Waals surface area contributed by atoms with E-state index < -0.39 is 5.60 Å². The van der Waals surface area contributed by atoms with Crippen molar-refractivity contribution in [1.82, 2.24) is 9.47 Å². The van der Waals surface area contributed by atoms with E-state index in [1.807, 2.05) is 44.7 Å². The van der Waals surface area contributed by atoms with Crippen LogP contribution in [0.5, 0.6) is 0 Å². The summed E-state index contributed by atoms with van der Waals surface area (Å²) in [5.74, 6) is 0.0936. The van der Waals surface area contributed by atoms with Gasteiger partial charge in [-0.2, -0.15) is 0 Å². The van der Waals surface area contributed by atoms with Crippen LogP contribution < -0.4 is 0 Å². The summed E-state index contributed by atoms with van der Waals surface area (Å²) in [4.78, 5) is 24.8. The molecule has 7 nitrogen and oxygen atoms in total. The first-order chi connectivity index (χ1) is 12.6. The maximum atomic E-state index is 12.3. The molecule has 7 heteroatoms. The number of carbonyl (C=O) groups excluding carboxylic acids is 1. The number of carbonyl (C=O) groups is 1. The van der Waals surface area contributed by atoms with Gasteiger partial charge in [-0.3, -0.25) is 10.1 Å². The summed E-state index contributed by atoms with van der Waals surface area (Å²) >= 11 is 0. The lowest BCUT2D eigenvalue weighted by molar-refractivity contribution is -0.384. The van der Waals surface area contributed by atoms with Gasteiger partial charge in [-0.05, 0) is 38.3 Å². The van der Waals surface area contributed by atoms with Crippen LogP contribution in [0, 0.1) is 16.0 Å². The van der Waals surface area contributed by atoms with Crippen molar-refractivity contribution in [3.63, 3.8) is 0 Å². The van der Waals surface area contributed by atoms with Crippen LogP contribution in [-0.2, 0) is 11.8 Å². The van der Waals surface area contributed by atoms with E-state index in [2.05, 4.69) is 6.92 Å². The Bertz CT molecular complexity index is 937. The van der Waals surface area contributed by atoms with E-state index in [4.69, 9.17) is 4.74 Å². The number of benzene rings is 1. The number of nitrogens with zero attached hydrogens (tertiary/aromatic N) is 3. The molecule has 1 amide bonds. The SMILES string of the molecule is CC1CN(C(=O)OC(C)(C)C)CC=C1c1cn(C)c2ccc([N+](=O)[O-])cc12. The summed E-state index contributed by atoms with van der Waals surface area (Å²) in [7, 11) is 1.93. The summed E-state index contributed by atoms with van der Waals surface area (Å²) in [6, 6.07) is 4.92. The molecule has 0 radical (unpaired) electrons. The second-order valence-electron chi connectivity index (χ2n) is 8.06. The van der Waals surface area contributed by atoms with Crippen LogP contribution in [0.15, 0.2) is 30.5 Å². The number of hydrogen-bond acceptors (Lipinski definition) is 4. The molecule has 3 rings (SSSR count). The molecule has 0 saturated carbocycles. The van der Waals surface area contributed by atoms with Crippen molar-refractivity contribution in [1.29, 1.82) is 0 Å². The molecule has 1 aromatic heterocycles. The van der Waals surface area contributed by atoms with Crippen LogP contribution in [0.1, 0.15) is 33.3 Å². The number of aryl methyl sites for hydroxylation is 1. The zero-order valence-corrected chi connectivity index (χ0v) is 16.4. The first-order valence-electron chi connectivity index (χ1n) is 8.98. The van der Waals surface area contributed by atoms with Crippen molar-refractivity contribution in [3.05, 3.63) is 46.1 Å². The van der Waals surface area contributed by atoms with E-state index in [1.165, 1.54) is 6.07 Å². The zero-order chi connectivity index (χ0) is 19.9. The Kier molecular flexibility index (Phi) is 4.71. The van der Waals surface area contributed by atoms with Gasteiger partial charge in [-0.1, -0.05) is 13.0 Å². The minimum Gasteiger partial charge on any atom is -0.444 e. The van der Waals surface area contributed by atoms with Crippen molar-refractivity contribution >= 4 is 28.3 Å². The molecular weight excluding hydrogens is 346 g/mol. The minimum atomic E-state index is -0.529. The molecule has 1 aliphatic rings. The van der Waals surface area contributed by atoms with Crippen LogP contribution in [0.2, 0.25) is 0 Å². The van der Waals surface area contributed by atoms with Crippen LogP contribution in [0.3, 0.4) is 0 Å². The number of fused-ring (bicyclic) bond motifs is 1. The Morgan fingerprint density at radius 2 is 2.04 bits per heavy atom. The van der Waals surface area contributed by atoms with Gasteiger partial charge in [0.05, 0.1) is 4.92 Å². The number of rotatable bonds is 2. The summed E-state index contributed by atoms with van der Waals surface area (Å²) in [6.45, 7) is 8.61. The molecule has 0 N–H and O–H groups in total. The predicted molar refractivity (Wildman–Crippen MR) is 105 cm³/mol. The monoisotopic (exact) mass is 371 g/mol. The first-order valence-corrected chi connectivity index (χ1v) is 8.98. The van der Waals surface area contributed by atoms with E-state index in [1.54, 1.807) is 17.0 Å². The van der Waals surface area contributed by atoms with Crippen molar-refractivity contribution in [2.24, 2.45) is 13.0 Å². The minimum absolute atomic E-state index is 0.0781. The maximum Gasteiger partial charge on any atom is 0.410 e. The molecule has 1 atom stereocenters. The van der Waals surface area contributed by atoms with Crippen LogP contribution in [-0.4, -0.2) is 39.2 Å². The summed E-state index contributed by atoms with van der Waals surface area (Å²) in [5, 5.41) is 12.0. The lowest BCUT2D eigenvalue weighted by Crippen LogP contribution is -2.41. The Balaban J connectivity index is 1.94. The lowest BCUT2D eigenvalue weighted by atomic mass is 9.90. The molecule has 1 aliphatic heterocycles. The summed E-state index contributed by atoms with van der Waals surface area (Å²) in [5.41, 5.74) is 2.57. The normalized spacial score (nSPS) is 17.7. The first kappa shape index (κ1) is 18.9. The second-order valence-corrected chi connectivity index (χ2v) is 8.06. The quantitative estimate of drug-likeness (QED) is 0.580. The highest BCUT2D eigenvalue weighted by Crippen LogP contribution is 2.35. The number of amides is 1. The lowest BCUT2D eigenvalue weighted by Gasteiger charge is -2.32. The summed E-state index contributed by atoms with van der Waals surface area (Å²) < 4.78 is 7.44. The Morgan fingerprint density at radius 3 is 2.63 bits per heavy atom. The molecule has 0 spiro atoms. The third-order valence-corrected chi connectivity index (χ3v) is 4.70. The Morgan fingerprint density at radius 1 is 1.33 bits per heavy atom. The van der Waals surface area contributed by atoms with E-state index >= 15 is 0 Å². The smallest absolute Gasteiger partial charge is 0.410 e. The molecule has 1 aromatic carbocycles. The maximum absolute atomic E-state index is 12.3. The number of hydrogen-bond donors (Lipinski definition) is 0. The molecule has 1 unspecified atom stereocenters. The van der Waals surface area contributed by atoms with Gasteiger partial charge in [0.2, 0.25) is 0 Å². The van der Waals surface area contributed by atoms with Crippen LogP contribution in [0.25, 0.3) is 16.5 Å². The number of aromatic nitrogens is 1. The van der Waals surface area contributed by atoms with E-state index in [-0.39, 0.29) is 22.6 Å². The number of nitro groups is 1. The fourth-order valence-corrected chi connectivity index (χ4v) is 3.49. The molecule has 144 valence electrons. The molecular formula is C20H25N3O4. The zero-order valence-electron chi connectivity index (χ0n) is 16.4. The third-order valence-electron chi connectivity index (χ3n) is 4.70. The highest BCUT2D eigenvalue weighted by Gasteiger charge is 2.28. The van der Waals surface area contributed by atoms with Gasteiger partial charge < -0.3 is 14.2 Å². The van der Waals surface area contributed by atoms with Crippen molar-refractivity contribution in [3.8, 4) is 0 Å². The molecule has 2 heterocycles. The average molecular weight is 371 g/mol. The number of nitro benzene ring substituents is 1. The molecule has 0 fully saturated rings. The predicted octanol–water partition coefficient (Wildman–Crippen LogP) is 4.36. The fraction of sp³-hybridized carbons (Fsp3) is 0.450. The van der Waals surface area contributed by atoms with Crippen molar-refractivity contribution in [2.45, 2.75) is 33.3 Å². The van der Waals surface area contributed by atoms with Gasteiger partial charge in [0, 0.05) is 54.9 Å². The standard InChI is InChI=1S/C20H25N3O4/c1-13-11-22(19(24)27-20(2,3)4)9-8-15(13)17-12-21(5)18-7-6-14(23(25)26)10-16(17)18/h6-8,10,12-13H,9,11H2,1-5H3. The molecule has 27 heavy (non-hydrogen) atoms. The van der Waals surface area contributed by atoms with Crippen molar-refractivity contribution in [2.75, 3.05) is 13.1 Å². The van der Waals surface area contributed by atoms with E-state index in [0.29, 0.717) is 13.1 Å². The molecule has 2 aromatic rings. The van der Waals surface area contributed by atoms with Crippen LogP contribution >= 0.6 is 0 Å². The Hall–Kier alpha value is -2.83. The van der Waals surface area contributed by atoms with E-state index in [9.17, 15) is 14.9 Å². The highest BCUT2D eigenvalue weighted by atomic mass is 16.6. The van der Waals surface area contributed by atoms with Gasteiger partial charge >= 0.3 is 6.09 Å². The Labute approximate surface area is 158 Å².